The number of hydrogen-bond donors (Lipinski definition) is 1. The van der Waals surface area contributed by atoms with Gasteiger partial charge in [-0.15, -0.1) is 0 Å². The first-order valence-electron chi connectivity index (χ1n) is 8.81. The molecule has 0 spiro atoms. The van der Waals surface area contributed by atoms with Gasteiger partial charge in [-0.25, -0.2) is 15.0 Å². The average Bonchev–Trinajstić information content (AvgIpc) is 3.29. The standard InChI is InChI=1S/C19H19N5O4/c1-11-13(8-25)28-19(15(11)27-2)24-10-22-14-16(20-9-21-17(14)24)23-18(26)12-6-4-3-5-7-12/h3-11,13,15,19H,1-2H3,(H,20,21,23,26)/t11-,13-,15-,19-/m1/s1. The average molecular weight is 381 g/mol. The van der Waals surface area contributed by atoms with Gasteiger partial charge in [-0.05, 0) is 12.1 Å². The van der Waals surface area contributed by atoms with Crippen LogP contribution in [-0.2, 0) is 14.3 Å². The number of aldehydes is 1. The van der Waals surface area contributed by atoms with E-state index in [1.807, 2.05) is 13.0 Å². The zero-order valence-corrected chi connectivity index (χ0v) is 15.4. The molecular formula is C19H19N5O4. The molecule has 0 saturated carbocycles. The van der Waals surface area contributed by atoms with Crippen LogP contribution in [0, 0.1) is 5.92 Å². The molecule has 3 aromatic rings. The van der Waals surface area contributed by atoms with Gasteiger partial charge in [0, 0.05) is 18.6 Å². The van der Waals surface area contributed by atoms with Gasteiger partial charge in [-0.1, -0.05) is 25.1 Å². The van der Waals surface area contributed by atoms with E-state index in [2.05, 4.69) is 20.3 Å². The van der Waals surface area contributed by atoms with Gasteiger partial charge in [0.1, 0.15) is 24.8 Å². The van der Waals surface area contributed by atoms with E-state index in [9.17, 15) is 9.59 Å². The maximum absolute atomic E-state index is 12.5. The van der Waals surface area contributed by atoms with Crippen molar-refractivity contribution in [2.24, 2.45) is 5.92 Å². The summed E-state index contributed by atoms with van der Waals surface area (Å²) in [7, 11) is 1.57. The predicted octanol–water partition coefficient (Wildman–Crippen LogP) is 1.83. The molecule has 4 atom stereocenters. The van der Waals surface area contributed by atoms with Crippen LogP contribution in [-0.4, -0.2) is 51.0 Å². The Kier molecular flexibility index (Phi) is 4.84. The molecule has 1 aliphatic rings. The summed E-state index contributed by atoms with van der Waals surface area (Å²) in [5, 5.41) is 2.76. The minimum atomic E-state index is -0.577. The Balaban J connectivity index is 1.67. The van der Waals surface area contributed by atoms with Crippen LogP contribution in [0.2, 0.25) is 0 Å². The van der Waals surface area contributed by atoms with Gasteiger partial charge >= 0.3 is 0 Å². The number of nitrogens with zero attached hydrogens (tertiary/aromatic N) is 4. The van der Waals surface area contributed by atoms with E-state index in [4.69, 9.17) is 9.47 Å². The number of ether oxygens (including phenoxy) is 2. The lowest BCUT2D eigenvalue weighted by Gasteiger charge is -2.20. The lowest BCUT2D eigenvalue weighted by Crippen LogP contribution is -2.26. The lowest BCUT2D eigenvalue weighted by atomic mass is 10.0. The number of fused-ring (bicyclic) bond motifs is 1. The SMILES string of the molecule is CO[C@@H]1[C@H](C)[C@@H](C=O)O[C@H]1n1cnc2c(NC(=O)c3ccccc3)ncnc21. The van der Waals surface area contributed by atoms with Crippen molar-refractivity contribution < 1.29 is 19.1 Å². The number of amides is 1. The first-order valence-corrected chi connectivity index (χ1v) is 8.81. The molecule has 1 aliphatic heterocycles. The zero-order valence-electron chi connectivity index (χ0n) is 15.4. The van der Waals surface area contributed by atoms with Crippen LogP contribution in [0.3, 0.4) is 0 Å². The Morgan fingerprint density at radius 3 is 2.75 bits per heavy atom. The number of carbonyl (C=O) groups excluding carboxylic acids is 2. The lowest BCUT2D eigenvalue weighted by molar-refractivity contribution is -0.121. The third-order valence-corrected chi connectivity index (χ3v) is 4.92. The summed E-state index contributed by atoms with van der Waals surface area (Å²) in [5.41, 5.74) is 1.41. The summed E-state index contributed by atoms with van der Waals surface area (Å²) in [6.45, 7) is 1.90. The van der Waals surface area contributed by atoms with Gasteiger partial charge in [-0.3, -0.25) is 9.36 Å². The highest BCUT2D eigenvalue weighted by molar-refractivity contribution is 6.06. The largest absolute Gasteiger partial charge is 0.376 e. The van der Waals surface area contributed by atoms with E-state index >= 15 is 0 Å². The van der Waals surface area contributed by atoms with E-state index in [1.165, 1.54) is 6.33 Å². The molecule has 3 heterocycles. The van der Waals surface area contributed by atoms with Crippen LogP contribution in [0.1, 0.15) is 23.5 Å². The Labute approximate surface area is 160 Å². The van der Waals surface area contributed by atoms with Crippen LogP contribution in [0.4, 0.5) is 5.82 Å². The summed E-state index contributed by atoms with van der Waals surface area (Å²) >= 11 is 0. The van der Waals surface area contributed by atoms with Crippen LogP contribution < -0.4 is 5.32 Å². The van der Waals surface area contributed by atoms with Gasteiger partial charge in [0.2, 0.25) is 0 Å². The summed E-state index contributed by atoms with van der Waals surface area (Å²) in [4.78, 5) is 36.5. The summed E-state index contributed by atoms with van der Waals surface area (Å²) < 4.78 is 13.1. The molecule has 4 rings (SSSR count). The molecule has 0 bridgehead atoms. The van der Waals surface area contributed by atoms with E-state index in [0.717, 1.165) is 6.29 Å². The van der Waals surface area contributed by atoms with Crippen LogP contribution in [0.5, 0.6) is 0 Å². The van der Waals surface area contributed by atoms with Crippen molar-refractivity contribution >= 4 is 29.2 Å². The summed E-state index contributed by atoms with van der Waals surface area (Å²) in [6, 6.07) is 8.83. The molecule has 28 heavy (non-hydrogen) atoms. The Morgan fingerprint density at radius 2 is 2.04 bits per heavy atom. The molecule has 0 aliphatic carbocycles. The smallest absolute Gasteiger partial charge is 0.256 e. The Morgan fingerprint density at radius 1 is 1.25 bits per heavy atom. The number of carbonyl (C=O) groups is 2. The third kappa shape index (κ3) is 3.04. The summed E-state index contributed by atoms with van der Waals surface area (Å²) in [6.07, 6.45) is 2.19. The van der Waals surface area contributed by atoms with Crippen molar-refractivity contribution in [3.8, 4) is 0 Å². The van der Waals surface area contributed by atoms with E-state index in [1.54, 1.807) is 42.3 Å². The molecular weight excluding hydrogens is 362 g/mol. The fraction of sp³-hybridized carbons (Fsp3) is 0.316. The molecule has 1 aromatic carbocycles. The predicted molar refractivity (Wildman–Crippen MR) is 99.7 cm³/mol. The normalized spacial score (nSPS) is 24.4. The van der Waals surface area contributed by atoms with Crippen molar-refractivity contribution in [2.75, 3.05) is 12.4 Å². The molecule has 0 radical (unpaired) electrons. The number of benzene rings is 1. The Hall–Kier alpha value is -3.17. The maximum atomic E-state index is 12.5. The molecule has 2 aromatic heterocycles. The molecule has 9 heteroatoms. The zero-order chi connectivity index (χ0) is 19.7. The van der Waals surface area contributed by atoms with E-state index in [0.29, 0.717) is 22.5 Å². The van der Waals surface area contributed by atoms with Gasteiger partial charge < -0.3 is 19.6 Å². The fourth-order valence-electron chi connectivity index (χ4n) is 3.42. The monoisotopic (exact) mass is 381 g/mol. The number of anilines is 1. The molecule has 1 N–H and O–H groups in total. The summed E-state index contributed by atoms with van der Waals surface area (Å²) in [5.74, 6) is -0.120. The topological polar surface area (TPSA) is 108 Å². The number of nitrogens with one attached hydrogen (secondary N) is 1. The first-order chi connectivity index (χ1) is 13.6. The highest BCUT2D eigenvalue weighted by Crippen LogP contribution is 2.36. The molecule has 1 saturated heterocycles. The second-order valence-electron chi connectivity index (χ2n) is 6.55. The molecule has 9 nitrogen and oxygen atoms in total. The highest BCUT2D eigenvalue weighted by atomic mass is 16.6. The molecule has 144 valence electrons. The number of rotatable bonds is 5. The number of hydrogen-bond acceptors (Lipinski definition) is 7. The van der Waals surface area contributed by atoms with Crippen molar-refractivity contribution in [2.45, 2.75) is 25.4 Å². The number of imidazole rings is 1. The Bertz CT molecular complexity index is 1010. The van der Waals surface area contributed by atoms with Crippen LogP contribution in [0.25, 0.3) is 11.2 Å². The third-order valence-electron chi connectivity index (χ3n) is 4.92. The fourth-order valence-corrected chi connectivity index (χ4v) is 3.42. The van der Waals surface area contributed by atoms with E-state index in [-0.39, 0.29) is 17.9 Å². The minimum Gasteiger partial charge on any atom is -0.376 e. The van der Waals surface area contributed by atoms with Crippen LogP contribution >= 0.6 is 0 Å². The minimum absolute atomic E-state index is 0.121. The van der Waals surface area contributed by atoms with Gasteiger partial charge in [0.15, 0.2) is 23.2 Å². The van der Waals surface area contributed by atoms with E-state index < -0.39 is 12.3 Å². The molecule has 1 fully saturated rings. The number of aromatic nitrogens is 4. The molecule has 0 unspecified atom stereocenters. The van der Waals surface area contributed by atoms with Crippen molar-refractivity contribution in [3.05, 3.63) is 48.5 Å². The van der Waals surface area contributed by atoms with Crippen molar-refractivity contribution in [1.82, 2.24) is 19.5 Å². The number of methoxy groups -OCH3 is 1. The van der Waals surface area contributed by atoms with Gasteiger partial charge in [0.25, 0.3) is 5.91 Å². The van der Waals surface area contributed by atoms with Crippen LogP contribution in [0.15, 0.2) is 43.0 Å². The second kappa shape index (κ2) is 7.45. The quantitative estimate of drug-likeness (QED) is 0.672. The van der Waals surface area contributed by atoms with Crippen molar-refractivity contribution in [1.29, 1.82) is 0 Å². The maximum Gasteiger partial charge on any atom is 0.256 e. The van der Waals surface area contributed by atoms with Gasteiger partial charge in [-0.2, -0.15) is 0 Å². The second-order valence-corrected chi connectivity index (χ2v) is 6.55. The molecule has 1 amide bonds. The van der Waals surface area contributed by atoms with Crippen molar-refractivity contribution in [3.63, 3.8) is 0 Å². The first kappa shape index (κ1) is 18.2. The highest BCUT2D eigenvalue weighted by Gasteiger charge is 2.43. The van der Waals surface area contributed by atoms with Gasteiger partial charge in [0.05, 0.1) is 6.33 Å².